The van der Waals surface area contributed by atoms with E-state index in [-0.39, 0.29) is 30.4 Å². The quantitative estimate of drug-likeness (QED) is 0.109. The second kappa shape index (κ2) is 18.0. The van der Waals surface area contributed by atoms with E-state index in [1.54, 1.807) is 23.2 Å². The van der Waals surface area contributed by atoms with Crippen LogP contribution in [-0.4, -0.2) is 100 Å². The van der Waals surface area contributed by atoms with Crippen molar-refractivity contribution in [1.29, 1.82) is 0 Å². The molecule has 2 saturated heterocycles. The van der Waals surface area contributed by atoms with E-state index in [4.69, 9.17) is 24.2 Å². The molecular formula is C49H52N8O7. The molecule has 4 N–H and O–H groups in total. The van der Waals surface area contributed by atoms with Crippen LogP contribution < -0.4 is 10.6 Å². The number of hydrogen-bond donors (Lipinski definition) is 4. The summed E-state index contributed by atoms with van der Waals surface area (Å²) in [5.74, 6) is 0.870. The van der Waals surface area contributed by atoms with Gasteiger partial charge in [-0.3, -0.25) is 9.59 Å². The summed E-state index contributed by atoms with van der Waals surface area (Å²) in [4.78, 5) is 72.6. The lowest BCUT2D eigenvalue weighted by Gasteiger charge is -2.36. The van der Waals surface area contributed by atoms with E-state index in [0.29, 0.717) is 31.1 Å². The van der Waals surface area contributed by atoms with E-state index in [9.17, 15) is 19.2 Å². The Morgan fingerprint density at radius 3 is 2.23 bits per heavy atom. The van der Waals surface area contributed by atoms with Crippen molar-refractivity contribution in [2.45, 2.75) is 63.7 Å². The molecule has 2 aliphatic heterocycles. The number of fused-ring (bicyclic) bond motifs is 4. The maximum absolute atomic E-state index is 14.1. The minimum Gasteiger partial charge on any atom is -0.453 e. The van der Waals surface area contributed by atoms with Crippen LogP contribution >= 0.6 is 0 Å². The lowest BCUT2D eigenvalue weighted by Crippen LogP contribution is -2.51. The monoisotopic (exact) mass is 864 g/mol. The fourth-order valence-electron chi connectivity index (χ4n) is 9.27. The average Bonchev–Trinajstić information content (AvgIpc) is 4.13. The minimum atomic E-state index is -0.941. The normalized spacial score (nSPS) is 18.0. The molecule has 4 atom stereocenters. The largest absolute Gasteiger partial charge is 0.453 e. The Kier molecular flexibility index (Phi) is 11.9. The molecule has 2 fully saturated rings. The summed E-state index contributed by atoms with van der Waals surface area (Å²) in [6, 6.07) is 26.2. The first-order valence-electron chi connectivity index (χ1n) is 21.8. The highest BCUT2D eigenvalue weighted by Crippen LogP contribution is 2.39. The number of carbonyl (C=O) groups excluding carboxylic acids is 4. The van der Waals surface area contributed by atoms with Gasteiger partial charge in [0.15, 0.2) is 0 Å². The average molecular weight is 865 g/mol. The lowest BCUT2D eigenvalue weighted by atomic mass is 9.89. The standard InChI is InChI=1S/C49H52N8O7/c1-28(2)41(54-48(60)62-3)46(58)56-20-8-11-39(56)45-51-37-19-17-34-24-33(16-18-36(34)43(37)53-45)30-12-13-32-25-35(15-14-31(32)23-30)38-26-50-44(52-38)40-27-64-22-21-57(40)47(59)42(55-49(61)63-4)29-9-6-5-7-10-29/h5-7,9-10,12-16,18,23-26,28,39-42H,8,11,17,19-22,27H2,1-4H3,(H,50,52)(H,51,53)(H,54,60)(H,55,61)/t39-,40-,41-,42+/m0/s1. The SMILES string of the molecule is COC(=O)N[C@H](C(=O)N1CCC[C@H]1c1nc2c([nH]1)CCc1cc(-c3ccc4cc(-c5cnc([C@@H]6COCCN6C(=O)[C@H](NC(=O)OC)c6ccccc6)[nH]5)ccc4c3)ccc1-2)C(C)C. The summed E-state index contributed by atoms with van der Waals surface area (Å²) in [6.45, 7) is 5.39. The number of aromatic amines is 2. The highest BCUT2D eigenvalue weighted by atomic mass is 16.5. The van der Waals surface area contributed by atoms with E-state index in [0.717, 1.165) is 81.6 Å². The van der Waals surface area contributed by atoms with Crippen molar-refractivity contribution in [3.8, 4) is 33.6 Å². The molecule has 4 aromatic carbocycles. The Morgan fingerprint density at radius 2 is 1.47 bits per heavy atom. The van der Waals surface area contributed by atoms with Gasteiger partial charge in [0.25, 0.3) is 5.91 Å². The number of alkyl carbamates (subject to hydrolysis) is 2. The van der Waals surface area contributed by atoms with E-state index in [2.05, 4.69) is 75.2 Å². The third-order valence-corrected chi connectivity index (χ3v) is 12.7. The summed E-state index contributed by atoms with van der Waals surface area (Å²) in [6.07, 6.45) is 3.80. The molecular weight excluding hydrogens is 813 g/mol. The molecule has 3 aliphatic rings. The van der Waals surface area contributed by atoms with Gasteiger partial charge in [-0.1, -0.05) is 86.6 Å². The number of likely N-dealkylation sites (tertiary alicyclic amines) is 1. The van der Waals surface area contributed by atoms with Gasteiger partial charge in [-0.25, -0.2) is 19.6 Å². The summed E-state index contributed by atoms with van der Waals surface area (Å²) in [7, 11) is 2.57. The Hall–Kier alpha value is -7.00. The maximum atomic E-state index is 14.1. The Labute approximate surface area is 370 Å². The summed E-state index contributed by atoms with van der Waals surface area (Å²) in [5, 5.41) is 7.60. The highest BCUT2D eigenvalue weighted by Gasteiger charge is 2.39. The first-order chi connectivity index (χ1) is 31.1. The van der Waals surface area contributed by atoms with Gasteiger partial charge in [0.2, 0.25) is 5.91 Å². The predicted octanol–water partition coefficient (Wildman–Crippen LogP) is 7.43. The number of aryl methyl sites for hydroxylation is 2. The molecule has 9 rings (SSSR count). The zero-order valence-corrected chi connectivity index (χ0v) is 36.4. The zero-order chi connectivity index (χ0) is 44.5. The molecule has 2 aromatic heterocycles. The molecule has 0 saturated carbocycles. The first-order valence-corrected chi connectivity index (χ1v) is 21.8. The lowest BCUT2D eigenvalue weighted by molar-refractivity contribution is -0.143. The number of morpholine rings is 1. The van der Waals surface area contributed by atoms with Gasteiger partial charge >= 0.3 is 12.2 Å². The number of H-pyrrole nitrogens is 2. The molecule has 0 radical (unpaired) electrons. The van der Waals surface area contributed by atoms with Crippen LogP contribution in [0.15, 0.2) is 91.1 Å². The number of rotatable bonds is 10. The number of methoxy groups -OCH3 is 2. The van der Waals surface area contributed by atoms with Crippen LogP contribution in [0.3, 0.4) is 0 Å². The topological polar surface area (TPSA) is 184 Å². The van der Waals surface area contributed by atoms with Crippen LogP contribution in [0.2, 0.25) is 0 Å². The summed E-state index contributed by atoms with van der Waals surface area (Å²) < 4.78 is 15.5. The molecule has 15 nitrogen and oxygen atoms in total. The number of benzene rings is 4. The van der Waals surface area contributed by atoms with Gasteiger partial charge in [-0.15, -0.1) is 0 Å². The number of ether oxygens (including phenoxy) is 3. The molecule has 4 amide bonds. The van der Waals surface area contributed by atoms with Gasteiger partial charge in [-0.05, 0) is 76.8 Å². The second-order valence-corrected chi connectivity index (χ2v) is 16.9. The molecule has 0 spiro atoms. The van der Waals surface area contributed by atoms with Crippen molar-refractivity contribution in [2.24, 2.45) is 5.92 Å². The van der Waals surface area contributed by atoms with Crippen molar-refractivity contribution in [2.75, 3.05) is 40.5 Å². The van der Waals surface area contributed by atoms with Crippen LogP contribution in [0.5, 0.6) is 0 Å². The highest BCUT2D eigenvalue weighted by molar-refractivity contribution is 5.91. The molecule has 4 heterocycles. The van der Waals surface area contributed by atoms with Crippen LogP contribution in [0.4, 0.5) is 9.59 Å². The fourth-order valence-corrected chi connectivity index (χ4v) is 9.27. The Bertz CT molecular complexity index is 2710. The first kappa shape index (κ1) is 42.3. The maximum Gasteiger partial charge on any atom is 0.407 e. The number of hydrogen-bond acceptors (Lipinski definition) is 9. The zero-order valence-electron chi connectivity index (χ0n) is 36.4. The van der Waals surface area contributed by atoms with Gasteiger partial charge in [-0.2, -0.15) is 0 Å². The molecule has 1 aliphatic carbocycles. The Morgan fingerprint density at radius 1 is 0.766 bits per heavy atom. The van der Waals surface area contributed by atoms with Crippen LogP contribution in [0, 0.1) is 5.92 Å². The van der Waals surface area contributed by atoms with Crippen LogP contribution in [0.25, 0.3) is 44.4 Å². The second-order valence-electron chi connectivity index (χ2n) is 16.9. The molecule has 64 heavy (non-hydrogen) atoms. The van der Waals surface area contributed by atoms with Gasteiger partial charge in [0, 0.05) is 29.9 Å². The van der Waals surface area contributed by atoms with E-state index in [1.807, 2.05) is 36.9 Å². The number of nitrogens with one attached hydrogen (secondary N) is 4. The number of imidazole rings is 2. The van der Waals surface area contributed by atoms with Crippen LogP contribution in [0.1, 0.15) is 73.3 Å². The van der Waals surface area contributed by atoms with Gasteiger partial charge in [0.05, 0.1) is 51.1 Å². The number of aromatic nitrogens is 4. The van der Waals surface area contributed by atoms with E-state index in [1.165, 1.54) is 19.8 Å². The third-order valence-electron chi connectivity index (χ3n) is 12.7. The molecule has 0 bridgehead atoms. The van der Waals surface area contributed by atoms with Crippen molar-refractivity contribution in [3.05, 3.63) is 120 Å². The van der Waals surface area contributed by atoms with E-state index < -0.39 is 30.3 Å². The van der Waals surface area contributed by atoms with E-state index >= 15 is 0 Å². The number of nitrogens with zero attached hydrogens (tertiary/aromatic N) is 4. The predicted molar refractivity (Wildman–Crippen MR) is 240 cm³/mol. The summed E-state index contributed by atoms with van der Waals surface area (Å²) in [5.41, 5.74) is 8.99. The smallest absolute Gasteiger partial charge is 0.407 e. The Balaban J connectivity index is 0.912. The molecule has 0 unspecified atom stereocenters. The number of carbonyl (C=O) groups is 4. The van der Waals surface area contributed by atoms with Crippen LogP contribution in [-0.2, 0) is 36.6 Å². The summed E-state index contributed by atoms with van der Waals surface area (Å²) >= 11 is 0. The van der Waals surface area contributed by atoms with Crippen molar-refractivity contribution in [3.63, 3.8) is 0 Å². The molecule has 15 heteroatoms. The van der Waals surface area contributed by atoms with Crippen molar-refractivity contribution >= 4 is 34.8 Å². The number of amides is 4. The fraction of sp³-hybridized carbons (Fsp3) is 0.347. The van der Waals surface area contributed by atoms with Crippen molar-refractivity contribution < 1.29 is 33.4 Å². The van der Waals surface area contributed by atoms with Gasteiger partial charge in [0.1, 0.15) is 29.8 Å². The minimum absolute atomic E-state index is 0.106. The molecule has 330 valence electrons. The third kappa shape index (κ3) is 8.30. The van der Waals surface area contributed by atoms with Crippen molar-refractivity contribution in [1.82, 2.24) is 40.4 Å². The molecule has 6 aromatic rings. The van der Waals surface area contributed by atoms with Gasteiger partial charge < -0.3 is 44.6 Å².